The van der Waals surface area contributed by atoms with Crippen molar-refractivity contribution < 1.29 is 41.0 Å². The largest absolute Gasteiger partial charge is 0.507 e. The van der Waals surface area contributed by atoms with Crippen LogP contribution in [0.4, 0.5) is 18.9 Å². The van der Waals surface area contributed by atoms with Crippen LogP contribution in [0.5, 0.6) is 5.75 Å². The molecule has 3 rings (SSSR count). The van der Waals surface area contributed by atoms with E-state index in [0.717, 1.165) is 12.1 Å². The molecule has 1 N–H and O–H groups in total. The average Bonchev–Trinajstić information content (AvgIpc) is 2.86. The summed E-state index contributed by atoms with van der Waals surface area (Å²) in [4.78, 5) is 24.6. The topological polar surface area (TPSA) is 101 Å². The van der Waals surface area contributed by atoms with Crippen molar-refractivity contribution in [2.24, 2.45) is 0 Å². The van der Waals surface area contributed by atoms with Crippen molar-refractivity contribution in [1.29, 1.82) is 0 Å². The van der Waals surface area contributed by atoms with Gasteiger partial charge in [0.15, 0.2) is 0 Å². The summed E-state index contributed by atoms with van der Waals surface area (Å²) in [5.74, 6) is -1.82. The minimum Gasteiger partial charge on any atom is -0.507 e. The Balaban J connectivity index is 2.16. The highest BCUT2D eigenvalue weighted by Gasteiger charge is 2.46. The Morgan fingerprint density at radius 3 is 2.10 bits per heavy atom. The predicted octanol–water partition coefficient (Wildman–Crippen LogP) is 6.55. The van der Waals surface area contributed by atoms with E-state index in [-0.39, 0.29) is 22.6 Å². The molecule has 0 heterocycles. The number of aromatic hydroxyl groups is 1. The van der Waals surface area contributed by atoms with Crippen LogP contribution >= 0.6 is 11.8 Å². The number of anilines is 1. The van der Waals surface area contributed by atoms with Gasteiger partial charge in [-0.05, 0) is 71.5 Å². The molecule has 0 saturated heterocycles. The molecule has 0 unspecified atom stereocenters. The minimum absolute atomic E-state index is 0.128. The smallest absolute Gasteiger partial charge is 0.501 e. The third kappa shape index (κ3) is 5.74. The maximum absolute atomic E-state index is 13.6. The molecule has 0 spiro atoms. The fourth-order valence-electron chi connectivity index (χ4n) is 3.94. The second kappa shape index (κ2) is 10.5. The molecule has 0 radical (unpaired) electrons. The van der Waals surface area contributed by atoms with Gasteiger partial charge in [-0.2, -0.15) is 13.2 Å². The van der Waals surface area contributed by atoms with Crippen LogP contribution in [0, 0.1) is 6.92 Å². The summed E-state index contributed by atoms with van der Waals surface area (Å²) < 4.78 is 67.4. The number of halogens is 4. The lowest BCUT2D eigenvalue weighted by Gasteiger charge is -2.26. The molecule has 12 heteroatoms. The summed E-state index contributed by atoms with van der Waals surface area (Å²) in [6.07, 6.45) is 0. The second-order valence-electron chi connectivity index (χ2n) is 9.67. The molecule has 0 saturated carbocycles. The molecule has 0 fully saturated rings. The normalized spacial score (nSPS) is 12.2. The van der Waals surface area contributed by atoms with E-state index in [4.69, 9.17) is 16.5 Å². The maximum atomic E-state index is 13.6. The number of rotatable bonds is 5. The standard InChI is InChI=1S/C27H25ClF3NO6S/c1-15-20(16-7-6-8-17(13-16)25(35)38-5)14-21(26(2,3)4)23(33)22(15)24(34)32(28)18-9-11-19(12-10-18)39(36,37)27(29,30)31/h6-14,33H,1-5H3. The van der Waals surface area contributed by atoms with E-state index >= 15 is 0 Å². The summed E-state index contributed by atoms with van der Waals surface area (Å²) in [5.41, 5.74) is -4.41. The van der Waals surface area contributed by atoms with Gasteiger partial charge >= 0.3 is 11.5 Å². The monoisotopic (exact) mass is 583 g/mol. The number of hydrogen-bond donors (Lipinski definition) is 1. The highest BCUT2D eigenvalue weighted by atomic mass is 35.5. The van der Waals surface area contributed by atoms with Gasteiger partial charge in [0.1, 0.15) is 5.75 Å². The first-order valence-corrected chi connectivity index (χ1v) is 13.2. The summed E-state index contributed by atoms with van der Waals surface area (Å²) in [5, 5.41) is 11.2. The molecule has 0 aliphatic heterocycles. The first kappa shape index (κ1) is 30.0. The number of nitrogens with zero attached hydrogens (tertiary/aromatic N) is 1. The summed E-state index contributed by atoms with van der Waals surface area (Å²) in [7, 11) is -4.35. The van der Waals surface area contributed by atoms with E-state index in [1.165, 1.54) is 7.11 Å². The number of methoxy groups -OCH3 is 1. The average molecular weight is 584 g/mol. The Kier molecular flexibility index (Phi) is 8.10. The number of ether oxygens (including phenoxy) is 1. The molecule has 0 aliphatic rings. The number of amides is 1. The van der Waals surface area contributed by atoms with Crippen molar-refractivity contribution in [2.75, 3.05) is 11.5 Å². The molecule has 7 nitrogen and oxygen atoms in total. The van der Waals surface area contributed by atoms with Gasteiger partial charge in [-0.3, -0.25) is 4.79 Å². The van der Waals surface area contributed by atoms with Crippen LogP contribution < -0.4 is 4.42 Å². The zero-order chi connectivity index (χ0) is 29.5. The Bertz CT molecular complexity index is 1550. The molecule has 0 aromatic heterocycles. The highest BCUT2D eigenvalue weighted by molar-refractivity contribution is 7.92. The van der Waals surface area contributed by atoms with Gasteiger partial charge in [-0.1, -0.05) is 32.9 Å². The van der Waals surface area contributed by atoms with Gasteiger partial charge in [0.25, 0.3) is 15.7 Å². The fourth-order valence-corrected chi connectivity index (χ4v) is 4.90. The number of carbonyl (C=O) groups is 2. The molecule has 0 aliphatic carbocycles. The van der Waals surface area contributed by atoms with Gasteiger partial charge in [-0.15, -0.1) is 0 Å². The molecule has 208 valence electrons. The Labute approximate surface area is 228 Å². The number of esters is 1. The molecule has 3 aromatic rings. The summed E-state index contributed by atoms with van der Waals surface area (Å²) in [6, 6.07) is 11.4. The zero-order valence-electron chi connectivity index (χ0n) is 21.6. The molecule has 1 amide bonds. The number of phenols is 1. The lowest BCUT2D eigenvalue weighted by atomic mass is 9.81. The van der Waals surface area contributed by atoms with Gasteiger partial charge < -0.3 is 9.84 Å². The van der Waals surface area contributed by atoms with Crippen LogP contribution in [0.3, 0.4) is 0 Å². The lowest BCUT2D eigenvalue weighted by Crippen LogP contribution is -2.25. The minimum atomic E-state index is -5.59. The van der Waals surface area contributed by atoms with Crippen molar-refractivity contribution in [3.63, 3.8) is 0 Å². The number of phenolic OH excluding ortho intramolecular Hbond substituents is 1. The van der Waals surface area contributed by atoms with E-state index in [1.807, 2.05) is 20.8 Å². The molecular formula is C27H25ClF3NO6S. The Morgan fingerprint density at radius 1 is 1.00 bits per heavy atom. The number of sulfone groups is 1. The van der Waals surface area contributed by atoms with Crippen molar-refractivity contribution >= 4 is 39.2 Å². The van der Waals surface area contributed by atoms with Crippen LogP contribution in [-0.2, 0) is 20.0 Å². The quantitative estimate of drug-likeness (QED) is 0.270. The molecule has 0 atom stereocenters. The van der Waals surface area contributed by atoms with E-state index in [9.17, 15) is 36.3 Å². The van der Waals surface area contributed by atoms with Crippen LogP contribution in [0.15, 0.2) is 59.5 Å². The Hall–Kier alpha value is -3.57. The SMILES string of the molecule is COC(=O)c1cccc(-c2cc(C(C)(C)C)c(O)c(C(=O)N(Cl)c3ccc(S(=O)(=O)C(F)(F)F)cc3)c2C)c1. The molecule has 3 aromatic carbocycles. The van der Waals surface area contributed by atoms with Gasteiger partial charge in [0.2, 0.25) is 0 Å². The number of alkyl halides is 3. The summed E-state index contributed by atoms with van der Waals surface area (Å²) in [6.45, 7) is 7.03. The molecular weight excluding hydrogens is 559 g/mol. The van der Waals surface area contributed by atoms with Crippen molar-refractivity contribution in [3.05, 3.63) is 76.9 Å². The van der Waals surface area contributed by atoms with E-state index in [2.05, 4.69) is 0 Å². The van der Waals surface area contributed by atoms with Gasteiger partial charge in [0.05, 0.1) is 28.8 Å². The van der Waals surface area contributed by atoms with Crippen LogP contribution in [0.25, 0.3) is 11.1 Å². The van der Waals surface area contributed by atoms with E-state index in [0.29, 0.717) is 38.8 Å². The lowest BCUT2D eigenvalue weighted by molar-refractivity contribution is -0.0436. The van der Waals surface area contributed by atoms with Gasteiger partial charge in [-0.25, -0.2) is 17.6 Å². The van der Waals surface area contributed by atoms with Crippen molar-refractivity contribution in [2.45, 2.75) is 43.5 Å². The van der Waals surface area contributed by atoms with Crippen molar-refractivity contribution in [3.8, 4) is 16.9 Å². The Morgan fingerprint density at radius 2 is 1.59 bits per heavy atom. The van der Waals surface area contributed by atoms with Crippen molar-refractivity contribution in [1.82, 2.24) is 0 Å². The fraction of sp³-hybridized carbons (Fsp3) is 0.259. The van der Waals surface area contributed by atoms with Crippen LogP contribution in [-0.4, -0.2) is 38.0 Å². The first-order chi connectivity index (χ1) is 17.9. The second-order valence-corrected chi connectivity index (χ2v) is 12.0. The van der Waals surface area contributed by atoms with E-state index in [1.54, 1.807) is 37.3 Å². The molecule has 0 bridgehead atoms. The van der Waals surface area contributed by atoms with Crippen LogP contribution in [0.2, 0.25) is 0 Å². The summed E-state index contributed by atoms with van der Waals surface area (Å²) >= 11 is 6.28. The van der Waals surface area contributed by atoms with E-state index < -0.39 is 37.5 Å². The third-order valence-electron chi connectivity index (χ3n) is 6.03. The zero-order valence-corrected chi connectivity index (χ0v) is 23.1. The maximum Gasteiger partial charge on any atom is 0.501 e. The number of hydrogen-bond acceptors (Lipinski definition) is 6. The van der Waals surface area contributed by atoms with Gasteiger partial charge in [0, 0.05) is 17.3 Å². The number of carbonyl (C=O) groups excluding carboxylic acids is 2. The van der Waals surface area contributed by atoms with Crippen LogP contribution in [0.1, 0.15) is 52.6 Å². The highest BCUT2D eigenvalue weighted by Crippen LogP contribution is 2.41. The first-order valence-electron chi connectivity index (χ1n) is 11.4. The molecule has 39 heavy (non-hydrogen) atoms. The number of benzene rings is 3. The third-order valence-corrected chi connectivity index (χ3v) is 7.88. The predicted molar refractivity (Wildman–Crippen MR) is 141 cm³/mol.